The molecule has 1 fully saturated rings. The number of halogens is 1. The van der Waals surface area contributed by atoms with E-state index in [0.717, 1.165) is 37.7 Å². The van der Waals surface area contributed by atoms with Gasteiger partial charge in [0.2, 0.25) is 5.76 Å². The van der Waals surface area contributed by atoms with Crippen LogP contribution >= 0.6 is 11.6 Å². The van der Waals surface area contributed by atoms with Gasteiger partial charge in [-0.3, -0.25) is 4.79 Å². The molecule has 1 aliphatic rings. The Morgan fingerprint density at radius 2 is 2.00 bits per heavy atom. The first kappa shape index (κ1) is 15.9. The first-order valence-electron chi connectivity index (χ1n) is 7.70. The molecule has 3 rings (SSSR count). The Morgan fingerprint density at radius 3 is 2.74 bits per heavy atom. The minimum Gasteiger partial charge on any atom is -0.450 e. The van der Waals surface area contributed by atoms with Crippen LogP contribution in [-0.2, 0) is 9.53 Å². The highest BCUT2D eigenvalue weighted by molar-refractivity contribution is 6.31. The maximum absolute atomic E-state index is 12.2. The maximum Gasteiger partial charge on any atom is 0.375 e. The van der Waals surface area contributed by atoms with Crippen molar-refractivity contribution in [2.24, 2.45) is 0 Å². The van der Waals surface area contributed by atoms with Crippen molar-refractivity contribution in [1.82, 2.24) is 4.90 Å². The molecule has 1 saturated heterocycles. The number of esters is 1. The summed E-state index contributed by atoms with van der Waals surface area (Å²) in [6.07, 6.45) is 3.15. The SMILES string of the molecule is Cc1c(C(=O)OCC(=O)N2CCCCC2)oc2ccc(Cl)cc12. The van der Waals surface area contributed by atoms with Gasteiger partial charge in [-0.2, -0.15) is 0 Å². The van der Waals surface area contributed by atoms with Crippen LogP contribution < -0.4 is 0 Å². The maximum atomic E-state index is 12.2. The summed E-state index contributed by atoms with van der Waals surface area (Å²) < 4.78 is 10.7. The molecule has 0 radical (unpaired) electrons. The third kappa shape index (κ3) is 3.34. The van der Waals surface area contributed by atoms with Crippen LogP contribution in [0.3, 0.4) is 0 Å². The normalized spacial score (nSPS) is 15.0. The van der Waals surface area contributed by atoms with Crippen LogP contribution in [0, 0.1) is 6.92 Å². The van der Waals surface area contributed by atoms with Gasteiger partial charge in [-0.05, 0) is 44.4 Å². The standard InChI is InChI=1S/C17H18ClNO4/c1-11-13-9-12(18)5-6-14(13)23-16(11)17(21)22-10-15(20)19-7-3-2-4-8-19/h5-6,9H,2-4,7-8,10H2,1H3. The molecule has 1 aliphatic heterocycles. The molecule has 122 valence electrons. The second kappa shape index (κ2) is 6.62. The monoisotopic (exact) mass is 335 g/mol. The number of fused-ring (bicyclic) bond motifs is 1. The molecule has 0 bridgehead atoms. The summed E-state index contributed by atoms with van der Waals surface area (Å²) in [5.41, 5.74) is 1.24. The molecule has 0 unspecified atom stereocenters. The first-order chi connectivity index (χ1) is 11.1. The van der Waals surface area contributed by atoms with E-state index in [0.29, 0.717) is 16.2 Å². The van der Waals surface area contributed by atoms with Gasteiger partial charge in [0, 0.05) is 29.1 Å². The van der Waals surface area contributed by atoms with Gasteiger partial charge in [-0.15, -0.1) is 0 Å². The van der Waals surface area contributed by atoms with Crippen LogP contribution in [0.15, 0.2) is 22.6 Å². The predicted octanol–water partition coefficient (Wildman–Crippen LogP) is 3.56. The predicted molar refractivity (Wildman–Crippen MR) is 86.7 cm³/mol. The summed E-state index contributed by atoms with van der Waals surface area (Å²) in [7, 11) is 0. The zero-order chi connectivity index (χ0) is 16.4. The molecule has 1 amide bonds. The van der Waals surface area contributed by atoms with Gasteiger partial charge >= 0.3 is 5.97 Å². The fourth-order valence-corrected chi connectivity index (χ4v) is 2.99. The first-order valence-corrected chi connectivity index (χ1v) is 8.07. The summed E-state index contributed by atoms with van der Waals surface area (Å²) in [5.74, 6) is -0.663. The molecule has 6 heteroatoms. The van der Waals surface area contributed by atoms with E-state index in [2.05, 4.69) is 0 Å². The number of carbonyl (C=O) groups is 2. The van der Waals surface area contributed by atoms with Gasteiger partial charge in [0.25, 0.3) is 5.91 Å². The third-order valence-electron chi connectivity index (χ3n) is 4.12. The van der Waals surface area contributed by atoms with E-state index in [9.17, 15) is 9.59 Å². The van der Waals surface area contributed by atoms with E-state index in [1.165, 1.54) is 0 Å². The molecule has 0 N–H and O–H groups in total. The van der Waals surface area contributed by atoms with Crippen LogP contribution in [0.4, 0.5) is 0 Å². The van der Waals surface area contributed by atoms with Crippen molar-refractivity contribution in [2.75, 3.05) is 19.7 Å². The van der Waals surface area contributed by atoms with Crippen LogP contribution in [0.5, 0.6) is 0 Å². The Balaban J connectivity index is 1.68. The molecule has 0 spiro atoms. The lowest BCUT2D eigenvalue weighted by Crippen LogP contribution is -2.38. The number of ether oxygens (including phenoxy) is 1. The average Bonchev–Trinajstić information content (AvgIpc) is 2.90. The highest BCUT2D eigenvalue weighted by atomic mass is 35.5. The summed E-state index contributed by atoms with van der Waals surface area (Å²) >= 11 is 5.96. The smallest absolute Gasteiger partial charge is 0.375 e. The number of carbonyl (C=O) groups excluding carboxylic acids is 2. The number of hydrogen-bond acceptors (Lipinski definition) is 4. The number of amides is 1. The van der Waals surface area contributed by atoms with E-state index in [1.54, 1.807) is 30.0 Å². The Labute approximate surface area is 139 Å². The van der Waals surface area contributed by atoms with Gasteiger partial charge in [-0.1, -0.05) is 11.6 Å². The van der Waals surface area contributed by atoms with E-state index in [1.807, 2.05) is 0 Å². The molecular formula is C17H18ClNO4. The highest BCUT2D eigenvalue weighted by Gasteiger charge is 2.22. The number of piperidine rings is 1. The summed E-state index contributed by atoms with van der Waals surface area (Å²) in [6, 6.07) is 5.15. The number of rotatable bonds is 3. The quantitative estimate of drug-likeness (QED) is 0.805. The van der Waals surface area contributed by atoms with E-state index in [4.69, 9.17) is 20.8 Å². The zero-order valence-corrected chi connectivity index (χ0v) is 13.7. The van der Waals surface area contributed by atoms with Gasteiger partial charge in [0.1, 0.15) is 5.58 Å². The van der Waals surface area contributed by atoms with Crippen molar-refractivity contribution in [3.63, 3.8) is 0 Å². The number of likely N-dealkylation sites (tertiary alicyclic amines) is 1. The minimum absolute atomic E-state index is 0.119. The second-order valence-electron chi connectivity index (χ2n) is 5.71. The second-order valence-corrected chi connectivity index (χ2v) is 6.15. The number of hydrogen-bond donors (Lipinski definition) is 0. The molecule has 5 nitrogen and oxygen atoms in total. The Bertz CT molecular complexity index is 746. The number of nitrogens with zero attached hydrogens (tertiary/aromatic N) is 1. The van der Waals surface area contributed by atoms with Crippen LogP contribution in [0.1, 0.15) is 35.4 Å². The lowest BCUT2D eigenvalue weighted by atomic mass is 10.1. The molecule has 0 atom stereocenters. The van der Waals surface area contributed by atoms with Gasteiger partial charge in [-0.25, -0.2) is 4.79 Å². The zero-order valence-electron chi connectivity index (χ0n) is 12.9. The van der Waals surface area contributed by atoms with Crippen molar-refractivity contribution in [3.8, 4) is 0 Å². The molecule has 23 heavy (non-hydrogen) atoms. The average molecular weight is 336 g/mol. The van der Waals surface area contributed by atoms with E-state index < -0.39 is 5.97 Å². The number of furan rings is 1. The van der Waals surface area contributed by atoms with E-state index >= 15 is 0 Å². The molecule has 2 aromatic rings. The van der Waals surface area contributed by atoms with Crippen molar-refractivity contribution >= 4 is 34.4 Å². The van der Waals surface area contributed by atoms with Crippen LogP contribution in [0.25, 0.3) is 11.0 Å². The molecular weight excluding hydrogens is 318 g/mol. The van der Waals surface area contributed by atoms with Crippen molar-refractivity contribution in [2.45, 2.75) is 26.2 Å². The molecule has 0 aliphatic carbocycles. The molecule has 0 saturated carbocycles. The minimum atomic E-state index is -0.625. The Morgan fingerprint density at radius 1 is 1.26 bits per heavy atom. The van der Waals surface area contributed by atoms with Crippen molar-refractivity contribution < 1.29 is 18.7 Å². The fourth-order valence-electron chi connectivity index (χ4n) is 2.82. The topological polar surface area (TPSA) is 59.8 Å². The molecule has 2 heterocycles. The summed E-state index contributed by atoms with van der Waals surface area (Å²) in [5, 5.41) is 1.34. The Kier molecular flexibility index (Phi) is 4.57. The summed E-state index contributed by atoms with van der Waals surface area (Å²) in [6.45, 7) is 2.98. The van der Waals surface area contributed by atoms with Crippen molar-refractivity contribution in [1.29, 1.82) is 0 Å². The number of aryl methyl sites for hydroxylation is 1. The lowest BCUT2D eigenvalue weighted by molar-refractivity contribution is -0.135. The summed E-state index contributed by atoms with van der Waals surface area (Å²) in [4.78, 5) is 26.0. The molecule has 1 aromatic carbocycles. The third-order valence-corrected chi connectivity index (χ3v) is 4.35. The van der Waals surface area contributed by atoms with Crippen LogP contribution in [-0.4, -0.2) is 36.5 Å². The van der Waals surface area contributed by atoms with E-state index in [-0.39, 0.29) is 18.3 Å². The number of benzene rings is 1. The fraction of sp³-hybridized carbons (Fsp3) is 0.412. The Hall–Kier alpha value is -2.01. The largest absolute Gasteiger partial charge is 0.450 e. The van der Waals surface area contributed by atoms with Crippen molar-refractivity contribution in [3.05, 3.63) is 34.5 Å². The van der Waals surface area contributed by atoms with Gasteiger partial charge < -0.3 is 14.1 Å². The van der Waals surface area contributed by atoms with Gasteiger partial charge in [0.15, 0.2) is 6.61 Å². The van der Waals surface area contributed by atoms with Crippen LogP contribution in [0.2, 0.25) is 5.02 Å². The highest BCUT2D eigenvalue weighted by Crippen LogP contribution is 2.28. The van der Waals surface area contributed by atoms with Gasteiger partial charge in [0.05, 0.1) is 0 Å². The molecule has 1 aromatic heterocycles. The lowest BCUT2D eigenvalue weighted by Gasteiger charge is -2.26.